The van der Waals surface area contributed by atoms with Gasteiger partial charge >= 0.3 is 0 Å². The Bertz CT molecular complexity index is 965. The molecule has 0 aliphatic carbocycles. The van der Waals surface area contributed by atoms with Gasteiger partial charge in [0.1, 0.15) is 11.0 Å². The lowest BCUT2D eigenvalue weighted by atomic mass is 10.1. The van der Waals surface area contributed by atoms with Gasteiger partial charge < -0.3 is 5.32 Å². The Morgan fingerprint density at radius 1 is 1.08 bits per heavy atom. The molecule has 8 heteroatoms. The van der Waals surface area contributed by atoms with Crippen molar-refractivity contribution >= 4 is 26.7 Å². The van der Waals surface area contributed by atoms with Crippen LogP contribution >= 0.6 is 0 Å². The average Bonchev–Trinajstić information content (AvgIpc) is 3.02. The van der Waals surface area contributed by atoms with Crippen LogP contribution in [-0.2, 0) is 10.0 Å². The van der Waals surface area contributed by atoms with Gasteiger partial charge in [-0.15, -0.1) is 0 Å². The fraction of sp³-hybridized carbons (Fsp3) is 0.250. The van der Waals surface area contributed by atoms with Crippen molar-refractivity contribution in [1.29, 1.82) is 0 Å². The quantitative estimate of drug-likeness (QED) is 0.741. The number of H-pyrrole nitrogens is 1. The van der Waals surface area contributed by atoms with Crippen LogP contribution < -0.4 is 5.32 Å². The molecule has 0 saturated carbocycles. The van der Waals surface area contributed by atoms with Gasteiger partial charge in [0.25, 0.3) is 0 Å². The van der Waals surface area contributed by atoms with E-state index < -0.39 is 10.0 Å². The Hall–Kier alpha value is -2.45. The second-order valence-electron chi connectivity index (χ2n) is 5.75. The van der Waals surface area contributed by atoms with Gasteiger partial charge in [-0.2, -0.15) is 15.4 Å². The van der Waals surface area contributed by atoms with Gasteiger partial charge in [0.2, 0.25) is 10.0 Å². The molecule has 0 fully saturated rings. The van der Waals surface area contributed by atoms with Crippen LogP contribution in [0.15, 0.2) is 47.4 Å². The molecule has 0 amide bonds. The van der Waals surface area contributed by atoms with Gasteiger partial charge in [-0.25, -0.2) is 12.7 Å². The molecule has 0 saturated heterocycles. The fourth-order valence-electron chi connectivity index (χ4n) is 2.42. The zero-order valence-electron chi connectivity index (χ0n) is 13.7. The van der Waals surface area contributed by atoms with Crippen molar-refractivity contribution in [2.75, 3.05) is 19.4 Å². The van der Waals surface area contributed by atoms with E-state index >= 15 is 0 Å². The van der Waals surface area contributed by atoms with Gasteiger partial charge in [-0.1, -0.05) is 12.1 Å². The minimum Gasteiger partial charge on any atom is -0.378 e. The molecule has 0 spiro atoms. The Morgan fingerprint density at radius 3 is 2.58 bits per heavy atom. The third-order valence-electron chi connectivity index (χ3n) is 3.84. The zero-order valence-corrected chi connectivity index (χ0v) is 14.5. The summed E-state index contributed by atoms with van der Waals surface area (Å²) in [6.45, 7) is 1.98. The molecule has 126 valence electrons. The molecule has 3 rings (SSSR count). The summed E-state index contributed by atoms with van der Waals surface area (Å²) in [7, 11) is -0.395. The number of rotatable bonds is 5. The summed E-state index contributed by atoms with van der Waals surface area (Å²) in [5, 5.41) is 14.0. The molecule has 0 radical (unpaired) electrons. The van der Waals surface area contributed by atoms with Crippen molar-refractivity contribution in [3.05, 3.63) is 48.0 Å². The lowest BCUT2D eigenvalue weighted by Gasteiger charge is -2.18. The van der Waals surface area contributed by atoms with Gasteiger partial charge in [-0.3, -0.25) is 0 Å². The van der Waals surface area contributed by atoms with Crippen molar-refractivity contribution in [3.63, 3.8) is 0 Å². The molecule has 7 nitrogen and oxygen atoms in total. The fourth-order valence-corrected chi connectivity index (χ4v) is 3.38. The Morgan fingerprint density at radius 2 is 1.83 bits per heavy atom. The molecule has 1 aromatic heterocycles. The molecular formula is C16H19N5O2S. The molecule has 0 bridgehead atoms. The smallest absolute Gasteiger partial charge is 0.242 e. The van der Waals surface area contributed by atoms with Crippen molar-refractivity contribution in [3.8, 4) is 0 Å². The maximum Gasteiger partial charge on any atom is 0.242 e. The SMILES string of the molecule is C[C@@H](Nc1ccc2n[nH]nc2c1)c1cccc(S(=O)(=O)N(C)C)c1. The van der Waals surface area contributed by atoms with Gasteiger partial charge in [-0.05, 0) is 42.8 Å². The predicted octanol–water partition coefficient (Wildman–Crippen LogP) is 2.38. The number of aromatic amines is 1. The highest BCUT2D eigenvalue weighted by molar-refractivity contribution is 7.89. The van der Waals surface area contributed by atoms with Crippen LogP contribution in [0.1, 0.15) is 18.5 Å². The Balaban J connectivity index is 1.86. The monoisotopic (exact) mass is 345 g/mol. The number of nitrogens with zero attached hydrogens (tertiary/aromatic N) is 3. The molecule has 2 aromatic carbocycles. The number of benzene rings is 2. The highest BCUT2D eigenvalue weighted by atomic mass is 32.2. The molecule has 0 unspecified atom stereocenters. The number of nitrogens with one attached hydrogen (secondary N) is 2. The van der Waals surface area contributed by atoms with Gasteiger partial charge in [0.15, 0.2) is 0 Å². The maximum atomic E-state index is 12.3. The highest BCUT2D eigenvalue weighted by Gasteiger charge is 2.18. The first-order chi connectivity index (χ1) is 11.4. The van der Waals surface area contributed by atoms with Crippen LogP contribution in [0.5, 0.6) is 0 Å². The number of hydrogen-bond donors (Lipinski definition) is 2. The molecule has 1 heterocycles. The summed E-state index contributed by atoms with van der Waals surface area (Å²) >= 11 is 0. The van der Waals surface area contributed by atoms with E-state index in [4.69, 9.17) is 0 Å². The summed E-state index contributed by atoms with van der Waals surface area (Å²) in [5.41, 5.74) is 3.35. The summed E-state index contributed by atoms with van der Waals surface area (Å²) in [5.74, 6) is 0. The largest absolute Gasteiger partial charge is 0.378 e. The van der Waals surface area contributed by atoms with Crippen molar-refractivity contribution in [2.24, 2.45) is 0 Å². The van der Waals surface area contributed by atoms with Crippen LogP contribution in [0.3, 0.4) is 0 Å². The van der Waals surface area contributed by atoms with Crippen molar-refractivity contribution in [2.45, 2.75) is 17.9 Å². The molecule has 1 atom stereocenters. The summed E-state index contributed by atoms with van der Waals surface area (Å²) in [6, 6.07) is 12.6. The average molecular weight is 345 g/mol. The topological polar surface area (TPSA) is 91.0 Å². The maximum absolute atomic E-state index is 12.3. The van der Waals surface area contributed by atoms with Crippen LogP contribution in [0, 0.1) is 0 Å². The summed E-state index contributed by atoms with van der Waals surface area (Å²) in [4.78, 5) is 0.283. The van der Waals surface area contributed by atoms with Crippen molar-refractivity contribution < 1.29 is 8.42 Å². The minimum atomic E-state index is -3.44. The van der Waals surface area contributed by atoms with E-state index in [2.05, 4.69) is 20.7 Å². The van der Waals surface area contributed by atoms with E-state index in [1.807, 2.05) is 31.2 Å². The van der Waals surface area contributed by atoms with Crippen LogP contribution in [0.2, 0.25) is 0 Å². The van der Waals surface area contributed by atoms with E-state index in [0.29, 0.717) is 0 Å². The molecule has 2 N–H and O–H groups in total. The first kappa shape index (κ1) is 16.4. The van der Waals surface area contributed by atoms with Gasteiger partial charge in [0, 0.05) is 25.8 Å². The second kappa shape index (κ2) is 6.21. The molecule has 0 aliphatic heterocycles. The summed E-state index contributed by atoms with van der Waals surface area (Å²) in [6.07, 6.45) is 0. The predicted molar refractivity (Wildman–Crippen MR) is 93.2 cm³/mol. The van der Waals surface area contributed by atoms with Crippen molar-refractivity contribution in [1.82, 2.24) is 19.7 Å². The van der Waals surface area contributed by atoms with Crippen LogP contribution in [0.25, 0.3) is 11.0 Å². The highest BCUT2D eigenvalue weighted by Crippen LogP contribution is 2.24. The molecular weight excluding hydrogens is 326 g/mol. The lowest BCUT2D eigenvalue weighted by Crippen LogP contribution is -2.22. The Labute approximate surface area is 140 Å². The summed E-state index contributed by atoms with van der Waals surface area (Å²) < 4.78 is 25.7. The van der Waals surface area contributed by atoms with E-state index in [-0.39, 0.29) is 10.9 Å². The van der Waals surface area contributed by atoms with Crippen LogP contribution in [0.4, 0.5) is 5.69 Å². The minimum absolute atomic E-state index is 0.0633. The normalized spacial score (nSPS) is 13.3. The first-order valence-electron chi connectivity index (χ1n) is 7.47. The standard InChI is InChI=1S/C16H19N5O2S/c1-11(17-13-7-8-15-16(10-13)19-20-18-15)12-5-4-6-14(9-12)24(22,23)21(2)3/h4-11,17H,1-3H3,(H,18,19,20)/t11-/m1/s1. The third kappa shape index (κ3) is 3.10. The first-order valence-corrected chi connectivity index (χ1v) is 8.91. The number of sulfonamides is 1. The van der Waals surface area contributed by atoms with Gasteiger partial charge in [0.05, 0.1) is 4.90 Å². The van der Waals surface area contributed by atoms with E-state index in [9.17, 15) is 8.42 Å². The second-order valence-corrected chi connectivity index (χ2v) is 7.90. The van der Waals surface area contributed by atoms with E-state index in [1.165, 1.54) is 18.4 Å². The number of fused-ring (bicyclic) bond motifs is 1. The molecule has 3 aromatic rings. The van der Waals surface area contributed by atoms with Crippen LogP contribution in [-0.4, -0.2) is 42.2 Å². The Kier molecular flexibility index (Phi) is 4.25. The number of aromatic nitrogens is 3. The lowest BCUT2D eigenvalue weighted by molar-refractivity contribution is 0.520. The van der Waals surface area contributed by atoms with E-state index in [0.717, 1.165) is 22.3 Å². The van der Waals surface area contributed by atoms with E-state index in [1.54, 1.807) is 18.2 Å². The molecule has 0 aliphatic rings. The molecule has 24 heavy (non-hydrogen) atoms. The number of anilines is 1. The third-order valence-corrected chi connectivity index (χ3v) is 5.65. The zero-order chi connectivity index (χ0) is 17.3. The number of hydrogen-bond acceptors (Lipinski definition) is 5.